The molecule has 3 aliphatic rings. The smallest absolute Gasteiger partial charge is 0.231 e. The molecule has 15 heavy (non-hydrogen) atoms. The Hall–Kier alpha value is -0.860. The normalized spacial score (nSPS) is 50.7. The van der Waals surface area contributed by atoms with Gasteiger partial charge in [0.05, 0.1) is 11.8 Å². The Morgan fingerprint density at radius 1 is 1.20 bits per heavy atom. The highest BCUT2D eigenvalue weighted by Crippen LogP contribution is 2.71. The maximum atomic E-state index is 11.8. The average Bonchev–Trinajstić information content (AvgIpc) is 2.59. The predicted octanol–water partition coefficient (Wildman–Crippen LogP) is 1.33. The van der Waals surface area contributed by atoms with Crippen LogP contribution in [-0.4, -0.2) is 11.8 Å². The lowest BCUT2D eigenvalue weighted by Gasteiger charge is -2.37. The summed E-state index contributed by atoms with van der Waals surface area (Å²) in [6, 6.07) is 0. The van der Waals surface area contributed by atoms with Crippen molar-refractivity contribution in [3.8, 4) is 0 Å². The maximum Gasteiger partial charge on any atom is 0.231 e. The Labute approximate surface area is 89.6 Å². The monoisotopic (exact) mass is 207 g/mol. The van der Waals surface area contributed by atoms with Gasteiger partial charge >= 0.3 is 0 Å². The van der Waals surface area contributed by atoms with Crippen molar-refractivity contribution >= 4 is 11.8 Å². The minimum atomic E-state index is -0.0567. The molecule has 4 unspecified atom stereocenters. The number of amides is 2. The van der Waals surface area contributed by atoms with E-state index in [4.69, 9.17) is 0 Å². The molecule has 2 saturated carbocycles. The molecule has 2 bridgehead atoms. The lowest BCUT2D eigenvalue weighted by atomic mass is 9.66. The highest BCUT2D eigenvalue weighted by molar-refractivity contribution is 6.06. The molecule has 1 aliphatic heterocycles. The van der Waals surface area contributed by atoms with E-state index in [0.717, 1.165) is 12.8 Å². The Balaban J connectivity index is 2.16. The summed E-state index contributed by atoms with van der Waals surface area (Å²) >= 11 is 0. The largest absolute Gasteiger partial charge is 0.296 e. The summed E-state index contributed by atoms with van der Waals surface area (Å²) in [5.41, 5.74) is 0.161. The van der Waals surface area contributed by atoms with Gasteiger partial charge in [-0.05, 0) is 29.6 Å². The van der Waals surface area contributed by atoms with Crippen LogP contribution in [-0.2, 0) is 9.59 Å². The van der Waals surface area contributed by atoms with Gasteiger partial charge in [0.1, 0.15) is 0 Å². The van der Waals surface area contributed by atoms with Crippen molar-refractivity contribution in [1.82, 2.24) is 5.32 Å². The Bertz CT molecular complexity index is 374. The predicted molar refractivity (Wildman–Crippen MR) is 54.7 cm³/mol. The first-order valence-corrected chi connectivity index (χ1v) is 5.74. The second-order valence-corrected chi connectivity index (χ2v) is 6.14. The van der Waals surface area contributed by atoms with Crippen LogP contribution in [0.1, 0.15) is 33.6 Å². The molecule has 0 aromatic carbocycles. The van der Waals surface area contributed by atoms with E-state index in [-0.39, 0.29) is 34.5 Å². The SMILES string of the molecule is CC1(C)C2CCC1(C)C1C(=O)NC(=O)C21. The fourth-order valence-electron chi connectivity index (χ4n) is 4.44. The first-order chi connectivity index (χ1) is 6.89. The number of nitrogens with one attached hydrogen (secondary N) is 1. The van der Waals surface area contributed by atoms with E-state index in [9.17, 15) is 9.59 Å². The van der Waals surface area contributed by atoms with Gasteiger partial charge in [-0.2, -0.15) is 0 Å². The van der Waals surface area contributed by atoms with Gasteiger partial charge in [-0.15, -0.1) is 0 Å². The number of rotatable bonds is 0. The molecule has 0 aromatic rings. The molecule has 1 saturated heterocycles. The molecule has 0 spiro atoms. The number of carbonyl (C=O) groups excluding carboxylic acids is 2. The van der Waals surface area contributed by atoms with Crippen molar-refractivity contribution in [3.63, 3.8) is 0 Å². The van der Waals surface area contributed by atoms with Crippen LogP contribution in [0.3, 0.4) is 0 Å². The number of fused-ring (bicyclic) bond motifs is 5. The Morgan fingerprint density at radius 2 is 1.87 bits per heavy atom. The van der Waals surface area contributed by atoms with E-state index in [1.807, 2.05) is 0 Å². The first kappa shape index (κ1) is 9.37. The van der Waals surface area contributed by atoms with Crippen LogP contribution in [0.25, 0.3) is 0 Å². The van der Waals surface area contributed by atoms with Crippen LogP contribution in [0, 0.1) is 28.6 Å². The molecule has 3 nitrogen and oxygen atoms in total. The molecule has 3 fully saturated rings. The van der Waals surface area contributed by atoms with E-state index in [0.29, 0.717) is 5.92 Å². The Morgan fingerprint density at radius 3 is 2.47 bits per heavy atom. The van der Waals surface area contributed by atoms with Crippen molar-refractivity contribution < 1.29 is 9.59 Å². The lowest BCUT2D eigenvalue weighted by molar-refractivity contribution is -0.128. The molecular weight excluding hydrogens is 190 g/mol. The van der Waals surface area contributed by atoms with Crippen LogP contribution < -0.4 is 5.32 Å². The minimum absolute atomic E-state index is 0.0218. The zero-order valence-electron chi connectivity index (χ0n) is 9.46. The van der Waals surface area contributed by atoms with Crippen LogP contribution in [0.4, 0.5) is 0 Å². The highest BCUT2D eigenvalue weighted by atomic mass is 16.2. The standard InChI is InChI=1S/C12H17NO2/c1-11(2)6-4-5-12(11,3)8-7(6)9(14)13-10(8)15/h6-8H,4-5H2,1-3H3,(H,13,14,15). The molecule has 3 rings (SSSR count). The van der Waals surface area contributed by atoms with Gasteiger partial charge in [0, 0.05) is 0 Å². The van der Waals surface area contributed by atoms with Gasteiger partial charge < -0.3 is 0 Å². The third-order valence-electron chi connectivity index (χ3n) is 5.68. The average molecular weight is 207 g/mol. The topological polar surface area (TPSA) is 46.2 Å². The summed E-state index contributed by atoms with van der Waals surface area (Å²) in [6.07, 6.45) is 2.19. The second kappa shape index (κ2) is 2.28. The molecule has 1 heterocycles. The van der Waals surface area contributed by atoms with Crippen molar-refractivity contribution in [2.45, 2.75) is 33.6 Å². The van der Waals surface area contributed by atoms with E-state index < -0.39 is 0 Å². The molecule has 2 amide bonds. The maximum absolute atomic E-state index is 11.8. The van der Waals surface area contributed by atoms with Gasteiger partial charge in [0.15, 0.2) is 0 Å². The first-order valence-electron chi connectivity index (χ1n) is 5.74. The van der Waals surface area contributed by atoms with Gasteiger partial charge in [-0.1, -0.05) is 20.8 Å². The van der Waals surface area contributed by atoms with E-state index >= 15 is 0 Å². The summed E-state index contributed by atoms with van der Waals surface area (Å²) < 4.78 is 0. The van der Waals surface area contributed by atoms with E-state index in [1.54, 1.807) is 0 Å². The molecule has 0 radical (unpaired) electrons. The van der Waals surface area contributed by atoms with Gasteiger partial charge in [0.2, 0.25) is 11.8 Å². The van der Waals surface area contributed by atoms with Crippen molar-refractivity contribution in [2.24, 2.45) is 28.6 Å². The molecule has 1 N–H and O–H groups in total. The van der Waals surface area contributed by atoms with Crippen molar-refractivity contribution in [1.29, 1.82) is 0 Å². The fourth-order valence-corrected chi connectivity index (χ4v) is 4.44. The zero-order chi connectivity index (χ0) is 11.0. The van der Waals surface area contributed by atoms with Crippen molar-refractivity contribution in [2.75, 3.05) is 0 Å². The second-order valence-electron chi connectivity index (χ2n) is 6.14. The van der Waals surface area contributed by atoms with Crippen LogP contribution in [0.2, 0.25) is 0 Å². The minimum Gasteiger partial charge on any atom is -0.296 e. The van der Waals surface area contributed by atoms with Crippen LogP contribution >= 0.6 is 0 Å². The van der Waals surface area contributed by atoms with Gasteiger partial charge in [-0.25, -0.2) is 0 Å². The molecule has 0 aromatic heterocycles. The van der Waals surface area contributed by atoms with Gasteiger partial charge in [-0.3, -0.25) is 14.9 Å². The molecular formula is C12H17NO2. The number of carbonyl (C=O) groups is 2. The zero-order valence-corrected chi connectivity index (χ0v) is 9.46. The van der Waals surface area contributed by atoms with E-state index in [2.05, 4.69) is 26.1 Å². The summed E-state index contributed by atoms with van der Waals surface area (Å²) in [5.74, 6) is 0.262. The van der Waals surface area contributed by atoms with Crippen molar-refractivity contribution in [3.05, 3.63) is 0 Å². The quantitative estimate of drug-likeness (QED) is 0.609. The van der Waals surface area contributed by atoms with Crippen LogP contribution in [0.5, 0.6) is 0 Å². The molecule has 2 aliphatic carbocycles. The van der Waals surface area contributed by atoms with Crippen LogP contribution in [0.15, 0.2) is 0 Å². The molecule has 4 atom stereocenters. The summed E-state index contributed by atoms with van der Waals surface area (Å²) in [4.78, 5) is 23.6. The lowest BCUT2D eigenvalue weighted by Crippen LogP contribution is -2.38. The number of hydrogen-bond acceptors (Lipinski definition) is 2. The third-order valence-corrected chi connectivity index (χ3v) is 5.68. The summed E-state index contributed by atoms with van der Waals surface area (Å²) in [7, 11) is 0. The summed E-state index contributed by atoms with van der Waals surface area (Å²) in [5, 5.41) is 2.50. The third kappa shape index (κ3) is 0.766. The fraction of sp³-hybridized carbons (Fsp3) is 0.833. The number of imide groups is 1. The van der Waals surface area contributed by atoms with Gasteiger partial charge in [0.25, 0.3) is 0 Å². The Kier molecular flexibility index (Phi) is 1.42. The summed E-state index contributed by atoms with van der Waals surface area (Å²) in [6.45, 7) is 6.64. The van der Waals surface area contributed by atoms with E-state index in [1.165, 1.54) is 0 Å². The molecule has 82 valence electrons. The molecule has 3 heteroatoms. The number of hydrogen-bond donors (Lipinski definition) is 1. The highest BCUT2D eigenvalue weighted by Gasteiger charge is 2.71.